The monoisotopic (exact) mass is 418 g/mol. The smallest absolute Gasteiger partial charge is 0.302 e. The zero-order valence-corrected chi connectivity index (χ0v) is 19.1. The molecule has 4 rings (SSSR count). The van der Waals surface area contributed by atoms with Gasteiger partial charge in [-0.1, -0.05) is 13.8 Å². The Labute approximate surface area is 180 Å². The molecule has 4 saturated carbocycles. The third kappa shape index (κ3) is 3.60. The van der Waals surface area contributed by atoms with E-state index in [1.165, 1.54) is 20.3 Å². The van der Waals surface area contributed by atoms with Crippen LogP contribution in [-0.4, -0.2) is 30.4 Å². The molecule has 0 N–H and O–H groups in total. The van der Waals surface area contributed by atoms with Crippen LogP contribution >= 0.6 is 0 Å². The Morgan fingerprint density at radius 3 is 2.43 bits per heavy atom. The zero-order valence-electron chi connectivity index (χ0n) is 19.1. The third-order valence-corrected chi connectivity index (χ3v) is 9.66. The lowest BCUT2D eigenvalue weighted by Crippen LogP contribution is -2.55. The van der Waals surface area contributed by atoms with Crippen LogP contribution in [-0.2, 0) is 23.9 Å². The molecule has 8 atom stereocenters. The van der Waals surface area contributed by atoms with Crippen LogP contribution in [0.3, 0.4) is 0 Å². The molecule has 0 radical (unpaired) electrons. The number of ketones is 1. The molecule has 0 aromatic carbocycles. The molecule has 5 heteroatoms. The molecule has 0 aromatic heterocycles. The van der Waals surface area contributed by atoms with Crippen molar-refractivity contribution < 1.29 is 23.9 Å². The van der Waals surface area contributed by atoms with Crippen molar-refractivity contribution in [2.45, 2.75) is 91.6 Å². The molecule has 4 fully saturated rings. The van der Waals surface area contributed by atoms with Crippen LogP contribution in [0.5, 0.6) is 0 Å². The van der Waals surface area contributed by atoms with Gasteiger partial charge in [0.05, 0.1) is 6.61 Å². The van der Waals surface area contributed by atoms with Crippen molar-refractivity contribution in [2.75, 3.05) is 6.61 Å². The Balaban J connectivity index is 1.49. The first kappa shape index (κ1) is 21.8. The Morgan fingerprint density at radius 2 is 1.73 bits per heavy atom. The van der Waals surface area contributed by atoms with Gasteiger partial charge in [-0.05, 0) is 85.9 Å². The van der Waals surface area contributed by atoms with Crippen molar-refractivity contribution in [3.05, 3.63) is 0 Å². The summed E-state index contributed by atoms with van der Waals surface area (Å²) >= 11 is 0. The number of hydrogen-bond acceptors (Lipinski definition) is 5. The lowest BCUT2D eigenvalue weighted by Gasteiger charge is -2.60. The Kier molecular flexibility index (Phi) is 5.78. The molecular formula is C25H38O5. The zero-order chi connectivity index (χ0) is 21.7. The van der Waals surface area contributed by atoms with E-state index in [1.54, 1.807) is 0 Å². The predicted octanol–water partition coefficient (Wildman–Crippen LogP) is 4.71. The highest BCUT2D eigenvalue weighted by Gasteiger charge is 2.62. The molecule has 2 unspecified atom stereocenters. The fourth-order valence-corrected chi connectivity index (χ4v) is 8.24. The number of hydrogen-bond donors (Lipinski definition) is 0. The SMILES string of the molecule is CC(=O)OCC[C@H]1CC(=O)[C@H]2[C@@H]3CCC4CC(OC(C)=O)CC[C@]4(C)[C@H]3CC[C@]12C. The molecule has 0 spiro atoms. The van der Waals surface area contributed by atoms with Crippen molar-refractivity contribution in [2.24, 2.45) is 40.4 Å². The lowest BCUT2D eigenvalue weighted by molar-refractivity contribution is -0.162. The first-order chi connectivity index (χ1) is 14.1. The Morgan fingerprint density at radius 1 is 1.00 bits per heavy atom. The largest absolute Gasteiger partial charge is 0.466 e. The van der Waals surface area contributed by atoms with Crippen LogP contribution in [0.15, 0.2) is 0 Å². The van der Waals surface area contributed by atoms with Crippen molar-refractivity contribution in [1.82, 2.24) is 0 Å². The van der Waals surface area contributed by atoms with Crippen molar-refractivity contribution >= 4 is 17.7 Å². The summed E-state index contributed by atoms with van der Waals surface area (Å²) < 4.78 is 10.8. The van der Waals surface area contributed by atoms with Gasteiger partial charge in [0.25, 0.3) is 0 Å². The van der Waals surface area contributed by atoms with Crippen LogP contribution in [0, 0.1) is 40.4 Å². The van der Waals surface area contributed by atoms with Crippen LogP contribution in [0.1, 0.15) is 85.5 Å². The number of carbonyl (C=O) groups excluding carboxylic acids is 3. The van der Waals surface area contributed by atoms with Gasteiger partial charge < -0.3 is 9.47 Å². The summed E-state index contributed by atoms with van der Waals surface area (Å²) in [7, 11) is 0. The standard InChI is InChI=1S/C25H38O5/c1-15(26)29-12-9-18-14-22(28)23-20-6-5-17-13-19(30-16(2)27)7-10-24(17,3)21(20)8-11-25(18,23)4/h17-21,23H,5-14H2,1-4H3/t17?,18-,19?,20+,21-,23+,24-,25+/m0/s1. The first-order valence-electron chi connectivity index (χ1n) is 12.0. The molecule has 0 aromatic rings. The number of Topliss-reactive ketones (excluding diaryl/α,β-unsaturated/α-hetero) is 1. The van der Waals surface area contributed by atoms with Crippen molar-refractivity contribution in [3.63, 3.8) is 0 Å². The van der Waals surface area contributed by atoms with Crippen LogP contribution in [0.2, 0.25) is 0 Å². The highest BCUT2D eigenvalue weighted by Crippen LogP contribution is 2.67. The van der Waals surface area contributed by atoms with E-state index in [9.17, 15) is 14.4 Å². The molecule has 0 saturated heterocycles. The van der Waals surface area contributed by atoms with E-state index in [-0.39, 0.29) is 34.8 Å². The van der Waals surface area contributed by atoms with Gasteiger partial charge in [-0.3, -0.25) is 14.4 Å². The van der Waals surface area contributed by atoms with Gasteiger partial charge >= 0.3 is 11.9 Å². The minimum Gasteiger partial charge on any atom is -0.466 e. The molecule has 4 aliphatic rings. The summed E-state index contributed by atoms with van der Waals surface area (Å²) in [6.45, 7) is 8.18. The lowest BCUT2D eigenvalue weighted by atomic mass is 9.44. The van der Waals surface area contributed by atoms with Crippen LogP contribution in [0.4, 0.5) is 0 Å². The van der Waals surface area contributed by atoms with Crippen LogP contribution in [0.25, 0.3) is 0 Å². The number of rotatable bonds is 4. The summed E-state index contributed by atoms with van der Waals surface area (Å²) in [6, 6.07) is 0. The van der Waals surface area contributed by atoms with E-state index in [1.807, 2.05) is 0 Å². The van der Waals surface area contributed by atoms with Gasteiger partial charge in [-0.15, -0.1) is 0 Å². The van der Waals surface area contributed by atoms with Crippen molar-refractivity contribution in [3.8, 4) is 0 Å². The Bertz CT molecular complexity index is 716. The summed E-state index contributed by atoms with van der Waals surface area (Å²) in [4.78, 5) is 35.8. The molecule has 5 nitrogen and oxygen atoms in total. The van der Waals surface area contributed by atoms with Gasteiger partial charge in [-0.25, -0.2) is 0 Å². The molecule has 4 aliphatic carbocycles. The van der Waals surface area contributed by atoms with Gasteiger partial charge in [0.1, 0.15) is 11.9 Å². The minimum absolute atomic E-state index is 0.0521. The first-order valence-corrected chi connectivity index (χ1v) is 12.0. The van der Waals surface area contributed by atoms with E-state index in [0.29, 0.717) is 42.5 Å². The molecule has 0 bridgehead atoms. The summed E-state index contributed by atoms with van der Waals surface area (Å²) in [5.41, 5.74) is 0.313. The summed E-state index contributed by atoms with van der Waals surface area (Å²) in [5.74, 6) is 2.24. The van der Waals surface area contributed by atoms with Gasteiger partial charge in [0.15, 0.2) is 0 Å². The van der Waals surface area contributed by atoms with Crippen LogP contribution < -0.4 is 0 Å². The van der Waals surface area contributed by atoms with Crippen molar-refractivity contribution in [1.29, 1.82) is 0 Å². The van der Waals surface area contributed by atoms with Gasteiger partial charge in [0, 0.05) is 26.2 Å². The molecule has 0 heterocycles. The number of ether oxygens (including phenoxy) is 2. The number of esters is 2. The van der Waals surface area contributed by atoms with Gasteiger partial charge in [0.2, 0.25) is 0 Å². The molecule has 30 heavy (non-hydrogen) atoms. The fraction of sp³-hybridized carbons (Fsp3) is 0.880. The maximum atomic E-state index is 13.2. The van der Waals surface area contributed by atoms with E-state index in [4.69, 9.17) is 9.47 Å². The molecule has 0 amide bonds. The average Bonchev–Trinajstić information content (AvgIpc) is 2.92. The van der Waals surface area contributed by atoms with E-state index < -0.39 is 0 Å². The quantitative estimate of drug-likeness (QED) is 0.619. The van der Waals surface area contributed by atoms with Gasteiger partial charge in [-0.2, -0.15) is 0 Å². The summed E-state index contributed by atoms with van der Waals surface area (Å²) in [5, 5.41) is 0. The maximum absolute atomic E-state index is 13.2. The second kappa shape index (κ2) is 7.94. The van der Waals surface area contributed by atoms with E-state index >= 15 is 0 Å². The number of fused-ring (bicyclic) bond motifs is 5. The van der Waals surface area contributed by atoms with E-state index in [2.05, 4.69) is 13.8 Å². The van der Waals surface area contributed by atoms with E-state index in [0.717, 1.165) is 44.9 Å². The highest BCUT2D eigenvalue weighted by atomic mass is 16.5. The highest BCUT2D eigenvalue weighted by molar-refractivity contribution is 5.85. The predicted molar refractivity (Wildman–Crippen MR) is 112 cm³/mol. The molecular weight excluding hydrogens is 380 g/mol. The fourth-order valence-electron chi connectivity index (χ4n) is 8.24. The average molecular weight is 419 g/mol. The molecule has 0 aliphatic heterocycles. The maximum Gasteiger partial charge on any atom is 0.302 e. The topological polar surface area (TPSA) is 69.7 Å². The number of carbonyl (C=O) groups is 3. The third-order valence-electron chi connectivity index (χ3n) is 9.66. The second-order valence-corrected chi connectivity index (χ2v) is 11.1. The normalized spacial score (nSPS) is 45.1. The molecule has 168 valence electrons. The second-order valence-electron chi connectivity index (χ2n) is 11.1. The minimum atomic E-state index is -0.236. The summed E-state index contributed by atoms with van der Waals surface area (Å²) in [6.07, 6.45) is 9.14. The Hall–Kier alpha value is -1.39.